The predicted octanol–water partition coefficient (Wildman–Crippen LogP) is 2.04. The molecule has 1 fully saturated rings. The first-order valence-corrected chi connectivity index (χ1v) is 7.72. The van der Waals surface area contributed by atoms with E-state index in [1.807, 2.05) is 0 Å². The van der Waals surface area contributed by atoms with Gasteiger partial charge in [-0.25, -0.2) is 13.1 Å². The van der Waals surface area contributed by atoms with Gasteiger partial charge in [0.25, 0.3) is 0 Å². The summed E-state index contributed by atoms with van der Waals surface area (Å²) in [5, 5.41) is 0. The number of sulfonamides is 1. The number of hydrogen-bond acceptors (Lipinski definition) is 4. The van der Waals surface area contributed by atoms with Crippen LogP contribution in [0.5, 0.6) is 5.75 Å². The van der Waals surface area contributed by atoms with E-state index in [-0.39, 0.29) is 12.6 Å². The number of halogens is 3. The summed E-state index contributed by atoms with van der Waals surface area (Å²) in [5.74, 6) is -0.759. The Morgan fingerprint density at radius 2 is 2.05 bits per heavy atom. The van der Waals surface area contributed by atoms with Gasteiger partial charge in [-0.1, -0.05) is 12.1 Å². The molecule has 5 nitrogen and oxygen atoms in total. The second-order valence-electron chi connectivity index (χ2n) is 4.48. The molecule has 2 rings (SSSR count). The molecule has 1 aliphatic rings. The van der Waals surface area contributed by atoms with Crippen LogP contribution in [0, 0.1) is 0 Å². The molecule has 1 N–H and O–H groups in total. The maximum Gasteiger partial charge on any atom is 0.573 e. The topological polar surface area (TPSA) is 64.6 Å². The largest absolute Gasteiger partial charge is 0.573 e. The highest BCUT2D eigenvalue weighted by atomic mass is 32.2. The van der Waals surface area contributed by atoms with Gasteiger partial charge in [-0.3, -0.25) is 0 Å². The van der Waals surface area contributed by atoms with Crippen molar-refractivity contribution in [1.82, 2.24) is 4.72 Å². The van der Waals surface area contributed by atoms with Gasteiger partial charge in [-0.05, 0) is 25.0 Å². The molecule has 1 aliphatic heterocycles. The molecule has 0 saturated carbocycles. The summed E-state index contributed by atoms with van der Waals surface area (Å²) in [4.78, 5) is -0.555. The Hall–Kier alpha value is -1.32. The number of benzene rings is 1. The van der Waals surface area contributed by atoms with Gasteiger partial charge < -0.3 is 9.47 Å². The van der Waals surface area contributed by atoms with Crippen molar-refractivity contribution >= 4 is 10.0 Å². The quantitative estimate of drug-likeness (QED) is 0.900. The minimum Gasteiger partial charge on any atom is -0.404 e. The summed E-state index contributed by atoms with van der Waals surface area (Å²) in [6.07, 6.45) is -3.67. The van der Waals surface area contributed by atoms with E-state index < -0.39 is 27.0 Å². The van der Waals surface area contributed by atoms with E-state index in [1.165, 1.54) is 12.1 Å². The zero-order chi connectivity index (χ0) is 15.5. The second kappa shape index (κ2) is 6.20. The minimum absolute atomic E-state index is 0.0166. The molecule has 9 heteroatoms. The Labute approximate surface area is 120 Å². The number of ether oxygens (including phenoxy) is 2. The lowest BCUT2D eigenvalue weighted by atomic mass is 10.2. The summed E-state index contributed by atoms with van der Waals surface area (Å²) in [5.41, 5.74) is 0. The Morgan fingerprint density at radius 1 is 1.33 bits per heavy atom. The average Bonchev–Trinajstić information content (AvgIpc) is 2.88. The van der Waals surface area contributed by atoms with Crippen LogP contribution in [0.1, 0.15) is 12.8 Å². The fourth-order valence-electron chi connectivity index (χ4n) is 1.97. The maximum absolute atomic E-state index is 12.3. The summed E-state index contributed by atoms with van der Waals surface area (Å²) in [7, 11) is -4.11. The number of alkyl halides is 3. The number of para-hydroxylation sites is 1. The smallest absolute Gasteiger partial charge is 0.404 e. The highest BCUT2D eigenvalue weighted by Crippen LogP contribution is 2.29. The van der Waals surface area contributed by atoms with Gasteiger partial charge in [0.1, 0.15) is 10.6 Å². The first-order chi connectivity index (χ1) is 9.78. The van der Waals surface area contributed by atoms with Crippen molar-refractivity contribution in [3.8, 4) is 5.75 Å². The van der Waals surface area contributed by atoms with E-state index in [2.05, 4.69) is 9.46 Å². The van der Waals surface area contributed by atoms with Gasteiger partial charge in [0.2, 0.25) is 10.0 Å². The first kappa shape index (κ1) is 16.1. The molecule has 118 valence electrons. The molecule has 0 radical (unpaired) electrons. The van der Waals surface area contributed by atoms with Crippen molar-refractivity contribution in [3.63, 3.8) is 0 Å². The highest BCUT2D eigenvalue weighted by Gasteiger charge is 2.34. The Bertz CT molecular complexity index is 582. The van der Waals surface area contributed by atoms with Crippen molar-refractivity contribution in [2.75, 3.05) is 13.2 Å². The molecule has 1 atom stereocenters. The fraction of sp³-hybridized carbons (Fsp3) is 0.500. The summed E-state index contributed by atoms with van der Waals surface area (Å²) in [6.45, 7) is 0.572. The van der Waals surface area contributed by atoms with E-state index in [9.17, 15) is 21.6 Å². The number of rotatable bonds is 5. The fourth-order valence-corrected chi connectivity index (χ4v) is 3.16. The third kappa shape index (κ3) is 4.58. The van der Waals surface area contributed by atoms with Crippen LogP contribution in [0.2, 0.25) is 0 Å². The van der Waals surface area contributed by atoms with Gasteiger partial charge in [0.15, 0.2) is 0 Å². The van der Waals surface area contributed by atoms with Gasteiger partial charge in [0.05, 0.1) is 6.10 Å². The van der Waals surface area contributed by atoms with E-state index in [0.717, 1.165) is 18.6 Å². The molecule has 0 amide bonds. The molecule has 0 spiro atoms. The monoisotopic (exact) mass is 325 g/mol. The van der Waals surface area contributed by atoms with Crippen LogP contribution in [0.3, 0.4) is 0 Å². The van der Waals surface area contributed by atoms with Crippen molar-refractivity contribution < 1.29 is 31.1 Å². The van der Waals surface area contributed by atoms with E-state index in [1.54, 1.807) is 0 Å². The molecule has 0 bridgehead atoms. The first-order valence-electron chi connectivity index (χ1n) is 6.24. The van der Waals surface area contributed by atoms with Gasteiger partial charge >= 0.3 is 6.36 Å². The van der Waals surface area contributed by atoms with E-state index in [4.69, 9.17) is 4.74 Å². The summed E-state index contributed by atoms with van der Waals surface area (Å²) in [6, 6.07) is 4.59. The van der Waals surface area contributed by atoms with Crippen molar-refractivity contribution in [2.24, 2.45) is 0 Å². The van der Waals surface area contributed by atoms with Crippen LogP contribution in [0.15, 0.2) is 29.2 Å². The maximum atomic E-state index is 12.3. The van der Waals surface area contributed by atoms with E-state index >= 15 is 0 Å². The van der Waals surface area contributed by atoms with Crippen LogP contribution in [0.4, 0.5) is 13.2 Å². The standard InChI is InChI=1S/C12H14F3NO4S/c13-12(14,15)20-10-5-1-2-6-11(10)21(17,18)16-8-9-4-3-7-19-9/h1-2,5-6,9,16H,3-4,7-8H2/t9-/m0/s1. The molecule has 1 aromatic rings. The van der Waals surface area contributed by atoms with Crippen LogP contribution in [0.25, 0.3) is 0 Å². The molecule has 1 saturated heterocycles. The third-order valence-corrected chi connectivity index (χ3v) is 4.35. The Kier molecular flexibility index (Phi) is 4.74. The van der Waals surface area contributed by atoms with E-state index in [0.29, 0.717) is 13.0 Å². The zero-order valence-corrected chi connectivity index (χ0v) is 11.7. The van der Waals surface area contributed by atoms with Crippen LogP contribution >= 0.6 is 0 Å². The van der Waals surface area contributed by atoms with Gasteiger partial charge in [-0.2, -0.15) is 0 Å². The molecule has 0 aromatic heterocycles. The van der Waals surface area contributed by atoms with Crippen molar-refractivity contribution in [1.29, 1.82) is 0 Å². The van der Waals surface area contributed by atoms with Crippen molar-refractivity contribution in [2.45, 2.75) is 30.2 Å². The minimum atomic E-state index is -4.96. The van der Waals surface area contributed by atoms with Gasteiger partial charge in [-0.15, -0.1) is 13.2 Å². The summed E-state index contributed by atoms with van der Waals surface area (Å²) < 4.78 is 72.3. The Balaban J connectivity index is 2.15. The number of hydrogen-bond donors (Lipinski definition) is 1. The SMILES string of the molecule is O=S(=O)(NC[C@@H]1CCCO1)c1ccccc1OC(F)(F)F. The molecular formula is C12H14F3NO4S. The second-order valence-corrected chi connectivity index (χ2v) is 6.22. The molecule has 0 aliphatic carbocycles. The van der Waals surface area contributed by atoms with Crippen LogP contribution in [-0.4, -0.2) is 34.0 Å². The highest BCUT2D eigenvalue weighted by molar-refractivity contribution is 7.89. The molecule has 1 aromatic carbocycles. The zero-order valence-electron chi connectivity index (χ0n) is 10.9. The molecule has 21 heavy (non-hydrogen) atoms. The number of nitrogens with one attached hydrogen (secondary N) is 1. The lowest BCUT2D eigenvalue weighted by Gasteiger charge is -2.15. The molecule has 0 unspecified atom stereocenters. The third-order valence-electron chi connectivity index (χ3n) is 2.89. The lowest BCUT2D eigenvalue weighted by molar-refractivity contribution is -0.275. The van der Waals surface area contributed by atoms with Crippen LogP contribution < -0.4 is 9.46 Å². The average molecular weight is 325 g/mol. The normalized spacial score (nSPS) is 19.7. The van der Waals surface area contributed by atoms with Crippen LogP contribution in [-0.2, 0) is 14.8 Å². The molecular weight excluding hydrogens is 311 g/mol. The lowest BCUT2D eigenvalue weighted by Crippen LogP contribution is -2.32. The summed E-state index contributed by atoms with van der Waals surface area (Å²) >= 11 is 0. The molecule has 1 heterocycles. The predicted molar refractivity (Wildman–Crippen MR) is 67.3 cm³/mol. The Morgan fingerprint density at radius 3 is 2.67 bits per heavy atom. The van der Waals surface area contributed by atoms with Crippen molar-refractivity contribution in [3.05, 3.63) is 24.3 Å². The van der Waals surface area contributed by atoms with Gasteiger partial charge in [0, 0.05) is 13.2 Å².